The molecule has 0 atom stereocenters. The lowest BCUT2D eigenvalue weighted by Crippen LogP contribution is -2.31. The van der Waals surface area contributed by atoms with Crippen molar-refractivity contribution in [3.63, 3.8) is 0 Å². The maximum absolute atomic E-state index is 4.89. The standard InChI is InChI=1S/C49H44N12/c1-17-54-25-13-50-45(54)58(21-1)33-5-9-37-38-10-6-34(59-22-2-18-55-26-14-51-46(55)59)30-42(38)49(41(37)29-33)43-31-35(60-23-3-19-56-27-15-52-47(56)60)7-11-39(43)40-12-8-36(32-44(40)49)61-24-4-20-57-28-16-53-48(57)61/h5-16,25-32H,1-4,17-24H2. The van der Waals surface area contributed by atoms with E-state index in [1.54, 1.807) is 0 Å². The largest absolute Gasteiger partial charge is 0.317 e. The zero-order valence-corrected chi connectivity index (χ0v) is 33.9. The number of rotatable bonds is 4. The summed E-state index contributed by atoms with van der Waals surface area (Å²) in [4.78, 5) is 29.2. The summed E-state index contributed by atoms with van der Waals surface area (Å²) >= 11 is 0. The summed E-state index contributed by atoms with van der Waals surface area (Å²) in [5.41, 5.74) is 14.5. The van der Waals surface area contributed by atoms with Gasteiger partial charge in [0.05, 0.1) is 5.41 Å². The molecular weight excluding hydrogens is 757 g/mol. The fourth-order valence-corrected chi connectivity index (χ4v) is 11.7. The van der Waals surface area contributed by atoms with Gasteiger partial charge in [0, 0.05) is 125 Å². The molecule has 300 valence electrons. The van der Waals surface area contributed by atoms with Crippen LogP contribution >= 0.6 is 0 Å². The van der Waals surface area contributed by atoms with Gasteiger partial charge in [-0.1, -0.05) is 24.3 Å². The van der Waals surface area contributed by atoms with Crippen LogP contribution in [0.15, 0.2) is 122 Å². The second-order valence-electron chi connectivity index (χ2n) is 17.4. The van der Waals surface area contributed by atoms with Crippen molar-refractivity contribution >= 4 is 46.5 Å². The fourth-order valence-electron chi connectivity index (χ4n) is 11.7. The first-order valence-corrected chi connectivity index (χ1v) is 22.0. The molecule has 6 aliphatic rings. The first-order chi connectivity index (χ1) is 30.2. The van der Waals surface area contributed by atoms with Gasteiger partial charge in [0.25, 0.3) is 0 Å². The van der Waals surface area contributed by atoms with E-state index >= 15 is 0 Å². The summed E-state index contributed by atoms with van der Waals surface area (Å²) in [7, 11) is 0. The van der Waals surface area contributed by atoms with E-state index in [0.717, 1.165) is 102 Å². The highest BCUT2D eigenvalue weighted by atomic mass is 15.3. The summed E-state index contributed by atoms with van der Waals surface area (Å²) in [6.45, 7) is 7.63. The van der Waals surface area contributed by atoms with Gasteiger partial charge in [0.1, 0.15) is 0 Å². The number of hydrogen-bond acceptors (Lipinski definition) is 8. The van der Waals surface area contributed by atoms with E-state index in [1.807, 2.05) is 24.8 Å². The number of aryl methyl sites for hydroxylation is 4. The van der Waals surface area contributed by atoms with E-state index in [0.29, 0.717) is 0 Å². The molecule has 0 N–H and O–H groups in total. The molecule has 0 unspecified atom stereocenters. The highest BCUT2D eigenvalue weighted by Crippen LogP contribution is 2.65. The van der Waals surface area contributed by atoms with Crippen LogP contribution in [0.2, 0.25) is 0 Å². The Labute approximate surface area is 353 Å². The normalized spacial score (nSPS) is 17.7. The maximum Gasteiger partial charge on any atom is 0.210 e. The van der Waals surface area contributed by atoms with Crippen LogP contribution in [0.3, 0.4) is 0 Å². The maximum atomic E-state index is 4.89. The first-order valence-electron chi connectivity index (χ1n) is 22.0. The minimum Gasteiger partial charge on any atom is -0.317 e. The lowest BCUT2D eigenvalue weighted by molar-refractivity contribution is 0.590. The molecule has 14 rings (SSSR count). The average molecular weight is 801 g/mol. The molecule has 2 aliphatic carbocycles. The van der Waals surface area contributed by atoms with Gasteiger partial charge in [0.15, 0.2) is 0 Å². The summed E-state index contributed by atoms with van der Waals surface area (Å²) in [5.74, 6) is 4.04. The molecule has 1 spiro atoms. The van der Waals surface area contributed by atoms with Crippen LogP contribution in [0, 0.1) is 0 Å². The van der Waals surface area contributed by atoms with Crippen LogP contribution in [0.25, 0.3) is 22.3 Å². The van der Waals surface area contributed by atoms with Crippen molar-refractivity contribution in [2.75, 3.05) is 45.8 Å². The molecule has 8 aromatic rings. The van der Waals surface area contributed by atoms with Gasteiger partial charge in [-0.15, -0.1) is 0 Å². The summed E-state index contributed by atoms with van der Waals surface area (Å²) in [5, 5.41) is 0. The molecule has 0 amide bonds. The summed E-state index contributed by atoms with van der Waals surface area (Å²) in [6.07, 6.45) is 20.5. The van der Waals surface area contributed by atoms with Gasteiger partial charge in [-0.3, -0.25) is 0 Å². The molecule has 61 heavy (non-hydrogen) atoms. The molecule has 12 heteroatoms. The second-order valence-corrected chi connectivity index (χ2v) is 17.4. The topological polar surface area (TPSA) is 84.2 Å². The van der Waals surface area contributed by atoms with Crippen molar-refractivity contribution in [2.45, 2.75) is 57.3 Å². The molecule has 0 radical (unpaired) electrons. The van der Waals surface area contributed by atoms with E-state index in [2.05, 4.69) is 135 Å². The number of aromatic nitrogens is 8. The molecule has 4 aromatic carbocycles. The Morgan fingerprint density at radius 3 is 0.852 bits per heavy atom. The van der Waals surface area contributed by atoms with Crippen LogP contribution in [0.4, 0.5) is 46.5 Å². The van der Waals surface area contributed by atoms with Gasteiger partial charge >= 0.3 is 0 Å². The third-order valence-corrected chi connectivity index (χ3v) is 14.3. The highest BCUT2D eigenvalue weighted by Gasteiger charge is 2.53. The molecule has 4 aromatic heterocycles. The van der Waals surface area contributed by atoms with Gasteiger partial charge < -0.3 is 37.9 Å². The zero-order valence-electron chi connectivity index (χ0n) is 33.9. The molecule has 4 aliphatic heterocycles. The number of hydrogen-bond donors (Lipinski definition) is 0. The van der Waals surface area contributed by atoms with E-state index < -0.39 is 5.41 Å². The van der Waals surface area contributed by atoms with Gasteiger partial charge in [-0.05, 0) is 119 Å². The van der Waals surface area contributed by atoms with Gasteiger partial charge in [-0.25, -0.2) is 19.9 Å². The lowest BCUT2D eigenvalue weighted by Gasteiger charge is -2.36. The molecule has 0 fully saturated rings. The van der Waals surface area contributed by atoms with Crippen molar-refractivity contribution in [1.29, 1.82) is 0 Å². The monoisotopic (exact) mass is 800 g/mol. The van der Waals surface area contributed by atoms with Crippen LogP contribution in [0.5, 0.6) is 0 Å². The summed E-state index contributed by atoms with van der Waals surface area (Å²) in [6, 6.07) is 28.9. The molecule has 0 saturated carbocycles. The smallest absolute Gasteiger partial charge is 0.210 e. The minimum absolute atomic E-state index is 0.625. The lowest BCUT2D eigenvalue weighted by atomic mass is 9.70. The Balaban J connectivity index is 1.05. The van der Waals surface area contributed by atoms with Crippen molar-refractivity contribution in [2.24, 2.45) is 0 Å². The zero-order chi connectivity index (χ0) is 39.8. The van der Waals surface area contributed by atoms with Crippen molar-refractivity contribution in [3.8, 4) is 22.3 Å². The highest BCUT2D eigenvalue weighted by molar-refractivity contribution is 5.98. The van der Waals surface area contributed by atoms with Crippen LogP contribution in [-0.4, -0.2) is 64.4 Å². The van der Waals surface area contributed by atoms with Gasteiger partial charge in [0.2, 0.25) is 23.8 Å². The predicted octanol–water partition coefficient (Wildman–Crippen LogP) is 8.98. The Hall–Kier alpha value is -7.08. The predicted molar refractivity (Wildman–Crippen MR) is 238 cm³/mol. The molecule has 0 bridgehead atoms. The quantitative estimate of drug-likeness (QED) is 0.175. The first kappa shape index (κ1) is 33.7. The van der Waals surface area contributed by atoms with Gasteiger partial charge in [-0.2, -0.15) is 0 Å². The number of anilines is 8. The minimum atomic E-state index is -0.625. The number of nitrogens with zero attached hydrogens (tertiary/aromatic N) is 12. The molecule has 8 heterocycles. The Morgan fingerprint density at radius 2 is 0.590 bits per heavy atom. The van der Waals surface area contributed by atoms with Crippen LogP contribution in [-0.2, 0) is 31.6 Å². The Bertz CT molecular complexity index is 2660. The molecule has 12 nitrogen and oxygen atoms in total. The SMILES string of the molecule is c1cn2c(n1)N(c1ccc3c(c1)C1(c4cc(N5CCCn6ccnc65)ccc4-3)c3cc(N4CCCn5ccnc54)ccc3-c3ccc(N4CCCn5ccnc54)cc31)CCC2. The van der Waals surface area contributed by atoms with Crippen LogP contribution in [0.1, 0.15) is 47.9 Å². The Kier molecular flexibility index (Phi) is 6.90. The van der Waals surface area contributed by atoms with Crippen molar-refractivity contribution in [1.82, 2.24) is 38.2 Å². The third-order valence-electron chi connectivity index (χ3n) is 14.3. The van der Waals surface area contributed by atoms with Crippen LogP contribution < -0.4 is 19.6 Å². The fraction of sp³-hybridized carbons (Fsp3) is 0.265. The summed E-state index contributed by atoms with van der Waals surface area (Å²) < 4.78 is 9.17. The number of imidazole rings is 4. The van der Waals surface area contributed by atoms with E-state index in [-0.39, 0.29) is 0 Å². The van der Waals surface area contributed by atoms with Crippen molar-refractivity contribution in [3.05, 3.63) is 145 Å². The molecule has 0 saturated heterocycles. The van der Waals surface area contributed by atoms with E-state index in [4.69, 9.17) is 19.9 Å². The number of fused-ring (bicyclic) bond motifs is 14. The Morgan fingerprint density at radius 1 is 0.328 bits per heavy atom. The second kappa shape index (κ2) is 12.5. The average Bonchev–Trinajstić information content (AvgIpc) is 4.18. The van der Waals surface area contributed by atoms with E-state index in [9.17, 15) is 0 Å². The van der Waals surface area contributed by atoms with E-state index in [1.165, 1.54) is 67.3 Å². The molecular formula is C49H44N12. The third kappa shape index (κ3) is 4.59. The number of benzene rings is 4. The van der Waals surface area contributed by atoms with Crippen molar-refractivity contribution < 1.29 is 0 Å².